The molecule has 5 heterocycles. The lowest BCUT2D eigenvalue weighted by molar-refractivity contribution is 0.645. The maximum Gasteiger partial charge on any atom is 0.161 e. The number of allylic oxidation sites excluding steroid dienone is 3. The summed E-state index contributed by atoms with van der Waals surface area (Å²) in [4.78, 5) is 22.0. The van der Waals surface area contributed by atoms with Crippen molar-refractivity contribution < 1.29 is 0 Å². The summed E-state index contributed by atoms with van der Waals surface area (Å²) in [5.41, 5.74) is 9.17. The molecule has 5 aromatic heterocycles. The molecule has 0 aliphatic carbocycles. The molecule has 3 N–H and O–H groups in total. The highest BCUT2D eigenvalue weighted by atomic mass is 15.2. The van der Waals surface area contributed by atoms with Crippen molar-refractivity contribution in [2.45, 2.75) is 34.1 Å². The van der Waals surface area contributed by atoms with Gasteiger partial charge in [-0.25, -0.2) is 15.0 Å². The van der Waals surface area contributed by atoms with Gasteiger partial charge in [0.05, 0.1) is 40.8 Å². The van der Waals surface area contributed by atoms with E-state index < -0.39 is 0 Å². The van der Waals surface area contributed by atoms with Gasteiger partial charge in [-0.1, -0.05) is 33.1 Å². The summed E-state index contributed by atoms with van der Waals surface area (Å²) in [5, 5.41) is 11.0. The van der Waals surface area contributed by atoms with Crippen LogP contribution in [0.5, 0.6) is 0 Å². The van der Waals surface area contributed by atoms with Gasteiger partial charge in [0.25, 0.3) is 0 Å². The molecule has 0 spiro atoms. The van der Waals surface area contributed by atoms with Crippen molar-refractivity contribution in [3.63, 3.8) is 0 Å². The number of fused-ring (bicyclic) bond motifs is 1. The lowest BCUT2D eigenvalue weighted by Gasteiger charge is -2.12. The molecule has 192 valence electrons. The first-order valence-corrected chi connectivity index (χ1v) is 12.5. The Labute approximate surface area is 221 Å². The Morgan fingerprint density at radius 1 is 1.18 bits per heavy atom. The minimum absolute atomic E-state index is 0.521. The van der Waals surface area contributed by atoms with E-state index in [2.05, 4.69) is 57.5 Å². The van der Waals surface area contributed by atoms with Crippen LogP contribution < -0.4 is 5.32 Å². The number of hydrogen-bond donors (Lipinski definition) is 3. The number of imidazole rings is 2. The van der Waals surface area contributed by atoms with Crippen LogP contribution in [0.25, 0.3) is 39.5 Å². The van der Waals surface area contributed by atoms with E-state index in [4.69, 9.17) is 9.97 Å². The molecule has 0 fully saturated rings. The summed E-state index contributed by atoms with van der Waals surface area (Å²) in [6.07, 6.45) is 11.9. The fraction of sp³-hybridized carbons (Fsp3) is 0.207. The number of aromatic amines is 2. The third-order valence-corrected chi connectivity index (χ3v) is 6.03. The molecule has 0 saturated heterocycles. The van der Waals surface area contributed by atoms with E-state index in [0.717, 1.165) is 62.9 Å². The van der Waals surface area contributed by atoms with Gasteiger partial charge in [0, 0.05) is 29.3 Å². The number of hydrogen-bond acceptors (Lipinski definition) is 6. The van der Waals surface area contributed by atoms with E-state index in [9.17, 15) is 0 Å². The lowest BCUT2D eigenvalue weighted by Crippen LogP contribution is -2.02. The Hall–Kier alpha value is -4.79. The first-order valence-electron chi connectivity index (χ1n) is 12.5. The summed E-state index contributed by atoms with van der Waals surface area (Å²) < 4.78 is 1.94. The summed E-state index contributed by atoms with van der Waals surface area (Å²) in [6.45, 7) is 16.3. The maximum absolute atomic E-state index is 4.94. The molecule has 0 saturated carbocycles. The van der Waals surface area contributed by atoms with E-state index in [-0.39, 0.29) is 0 Å². The molecule has 0 aromatic carbocycles. The Morgan fingerprint density at radius 3 is 2.76 bits per heavy atom. The molecule has 9 heteroatoms. The summed E-state index contributed by atoms with van der Waals surface area (Å²) >= 11 is 0. The molecule has 0 atom stereocenters. The highest BCUT2D eigenvalue weighted by Crippen LogP contribution is 2.29. The molecule has 0 aliphatic rings. The number of anilines is 1. The molecule has 0 bridgehead atoms. The van der Waals surface area contributed by atoms with Gasteiger partial charge in [0.2, 0.25) is 0 Å². The number of rotatable bonds is 9. The molecule has 38 heavy (non-hydrogen) atoms. The zero-order chi connectivity index (χ0) is 26.8. The SMILES string of the molecule is C=C/C=C(\c1nc(-c2n[nH]c3ccc(-c4cncc(NC(=C)CC(C)C)c4)nc23)[nH]c1C)n1cnc(C)c1. The monoisotopic (exact) mass is 505 g/mol. The van der Waals surface area contributed by atoms with Crippen molar-refractivity contribution in [1.29, 1.82) is 0 Å². The van der Waals surface area contributed by atoms with Gasteiger partial charge in [-0.2, -0.15) is 5.10 Å². The van der Waals surface area contributed by atoms with Gasteiger partial charge in [0.1, 0.15) is 11.2 Å². The average Bonchev–Trinajstić information content (AvgIpc) is 3.60. The van der Waals surface area contributed by atoms with Crippen LogP contribution in [0.15, 0.2) is 74.1 Å². The van der Waals surface area contributed by atoms with Gasteiger partial charge < -0.3 is 14.9 Å². The maximum atomic E-state index is 4.94. The number of nitrogens with one attached hydrogen (secondary N) is 3. The fourth-order valence-electron chi connectivity index (χ4n) is 4.39. The molecule has 0 amide bonds. The minimum Gasteiger partial charge on any atom is -0.358 e. The highest BCUT2D eigenvalue weighted by molar-refractivity contribution is 5.89. The molecule has 5 rings (SSSR count). The van der Waals surface area contributed by atoms with Gasteiger partial charge >= 0.3 is 0 Å². The number of aryl methyl sites for hydroxylation is 2. The number of aromatic nitrogens is 8. The third kappa shape index (κ3) is 5.04. The van der Waals surface area contributed by atoms with E-state index in [1.165, 1.54) is 0 Å². The van der Waals surface area contributed by atoms with Crippen LogP contribution in [0, 0.1) is 19.8 Å². The predicted octanol–water partition coefficient (Wildman–Crippen LogP) is 6.27. The standard InChI is InChI=1S/C29H31N9/c1-7-8-25(38-15-19(5)31-16-38)26-20(6)33-29(35-26)28-27-24(36-37-28)10-9-23(34-27)21-12-22(14-30-13-21)32-18(4)11-17(2)3/h7-10,12-17,32H,1,4,11H2,2-3,5-6H3,(H,33,35)(H,36,37)/b25-8+. The normalized spacial score (nSPS) is 11.9. The summed E-state index contributed by atoms with van der Waals surface area (Å²) in [7, 11) is 0. The van der Waals surface area contributed by atoms with E-state index in [1.54, 1.807) is 24.8 Å². The van der Waals surface area contributed by atoms with Crippen LogP contribution in [0.4, 0.5) is 5.69 Å². The van der Waals surface area contributed by atoms with Gasteiger partial charge in [-0.3, -0.25) is 10.1 Å². The van der Waals surface area contributed by atoms with Crippen molar-refractivity contribution >= 4 is 22.4 Å². The molecule has 0 unspecified atom stereocenters. The van der Waals surface area contributed by atoms with Crippen molar-refractivity contribution in [1.82, 2.24) is 39.7 Å². The van der Waals surface area contributed by atoms with Crippen molar-refractivity contribution in [2.24, 2.45) is 5.92 Å². The number of nitrogens with zero attached hydrogens (tertiary/aromatic N) is 6. The minimum atomic E-state index is 0.521. The van der Waals surface area contributed by atoms with Crippen LogP contribution in [0.3, 0.4) is 0 Å². The predicted molar refractivity (Wildman–Crippen MR) is 152 cm³/mol. The lowest BCUT2D eigenvalue weighted by atomic mass is 10.1. The molecular weight excluding hydrogens is 474 g/mol. The van der Waals surface area contributed by atoms with Crippen LogP contribution in [0.1, 0.15) is 37.4 Å². The van der Waals surface area contributed by atoms with E-state index in [0.29, 0.717) is 17.4 Å². The Bertz CT molecular complexity index is 1660. The van der Waals surface area contributed by atoms with Gasteiger partial charge in [0.15, 0.2) is 11.5 Å². The molecule has 0 radical (unpaired) electrons. The second-order valence-corrected chi connectivity index (χ2v) is 9.72. The smallest absolute Gasteiger partial charge is 0.161 e. The summed E-state index contributed by atoms with van der Waals surface area (Å²) in [5.74, 6) is 1.15. The Morgan fingerprint density at radius 2 is 2.03 bits per heavy atom. The summed E-state index contributed by atoms with van der Waals surface area (Å²) in [6, 6.07) is 5.96. The molecular formula is C29H31N9. The van der Waals surface area contributed by atoms with Crippen LogP contribution in [0.2, 0.25) is 0 Å². The fourth-order valence-corrected chi connectivity index (χ4v) is 4.39. The first kappa shape index (κ1) is 24.9. The number of pyridine rings is 2. The Kier molecular flexibility index (Phi) is 6.74. The third-order valence-electron chi connectivity index (χ3n) is 6.03. The van der Waals surface area contributed by atoms with Crippen LogP contribution in [-0.4, -0.2) is 39.7 Å². The molecule has 5 aromatic rings. The van der Waals surface area contributed by atoms with Crippen molar-refractivity contribution in [3.05, 3.63) is 91.2 Å². The zero-order valence-electron chi connectivity index (χ0n) is 22.1. The molecule has 0 aliphatic heterocycles. The average molecular weight is 506 g/mol. The van der Waals surface area contributed by atoms with Crippen molar-refractivity contribution in [3.8, 4) is 22.8 Å². The highest BCUT2D eigenvalue weighted by Gasteiger charge is 2.19. The topological polar surface area (TPSA) is 113 Å². The van der Waals surface area contributed by atoms with E-state index in [1.807, 2.05) is 48.9 Å². The second kappa shape index (κ2) is 10.3. The number of H-pyrrole nitrogens is 2. The first-order chi connectivity index (χ1) is 18.3. The Balaban J connectivity index is 1.50. The van der Waals surface area contributed by atoms with Crippen molar-refractivity contribution in [2.75, 3.05) is 5.32 Å². The van der Waals surface area contributed by atoms with Crippen LogP contribution in [-0.2, 0) is 0 Å². The molecule has 9 nitrogen and oxygen atoms in total. The zero-order valence-corrected chi connectivity index (χ0v) is 22.1. The van der Waals surface area contributed by atoms with Crippen LogP contribution >= 0.6 is 0 Å². The quantitative estimate of drug-likeness (QED) is 0.204. The van der Waals surface area contributed by atoms with Gasteiger partial charge in [-0.15, -0.1) is 0 Å². The second-order valence-electron chi connectivity index (χ2n) is 9.72. The largest absolute Gasteiger partial charge is 0.358 e. The van der Waals surface area contributed by atoms with Gasteiger partial charge in [-0.05, 0) is 50.5 Å². The van der Waals surface area contributed by atoms with E-state index >= 15 is 0 Å².